The van der Waals surface area contributed by atoms with Crippen LogP contribution in [0, 0.1) is 24.6 Å². The van der Waals surface area contributed by atoms with E-state index in [-0.39, 0.29) is 11.9 Å². The zero-order valence-electron chi connectivity index (χ0n) is 12.2. The predicted octanol–water partition coefficient (Wildman–Crippen LogP) is 3.11. The third kappa shape index (κ3) is 3.34. The predicted molar refractivity (Wildman–Crippen MR) is 77.5 cm³/mol. The Balaban J connectivity index is 2.23. The van der Waals surface area contributed by atoms with Gasteiger partial charge in [0, 0.05) is 25.7 Å². The van der Waals surface area contributed by atoms with Gasteiger partial charge in [-0.25, -0.2) is 4.39 Å². The minimum absolute atomic E-state index is 0.169. The zero-order valence-corrected chi connectivity index (χ0v) is 12.2. The highest BCUT2D eigenvalue weighted by atomic mass is 19.1. The Labute approximate surface area is 115 Å². The van der Waals surface area contributed by atoms with E-state index in [1.165, 1.54) is 12.0 Å². The number of nitrogens with two attached hydrogens (primary N) is 1. The number of piperidine rings is 1. The third-order valence-electron chi connectivity index (χ3n) is 4.15. The van der Waals surface area contributed by atoms with Crippen LogP contribution in [0.5, 0.6) is 0 Å². The van der Waals surface area contributed by atoms with Gasteiger partial charge in [-0.05, 0) is 48.4 Å². The fourth-order valence-corrected chi connectivity index (χ4v) is 3.45. The summed E-state index contributed by atoms with van der Waals surface area (Å²) in [6.45, 7) is 9.33. The summed E-state index contributed by atoms with van der Waals surface area (Å²) in [7, 11) is 0. The van der Waals surface area contributed by atoms with E-state index in [9.17, 15) is 4.39 Å². The first-order valence-corrected chi connectivity index (χ1v) is 7.21. The number of likely N-dealkylation sites (tertiary alicyclic amines) is 1. The first kappa shape index (κ1) is 14.5. The molecule has 106 valence electrons. The monoisotopic (exact) mass is 264 g/mol. The minimum Gasteiger partial charge on any atom is -0.329 e. The summed E-state index contributed by atoms with van der Waals surface area (Å²) in [6.07, 6.45) is 1.29. The van der Waals surface area contributed by atoms with Crippen molar-refractivity contribution in [3.8, 4) is 0 Å². The Morgan fingerprint density at radius 3 is 2.47 bits per heavy atom. The molecular formula is C16H25FN2. The van der Waals surface area contributed by atoms with E-state index >= 15 is 0 Å². The largest absolute Gasteiger partial charge is 0.329 e. The van der Waals surface area contributed by atoms with Crippen molar-refractivity contribution in [2.75, 3.05) is 19.6 Å². The van der Waals surface area contributed by atoms with Crippen molar-refractivity contribution in [2.45, 2.75) is 33.2 Å². The van der Waals surface area contributed by atoms with Gasteiger partial charge in [-0.2, -0.15) is 0 Å². The molecule has 2 nitrogen and oxygen atoms in total. The highest BCUT2D eigenvalue weighted by molar-refractivity contribution is 5.30. The Hall–Kier alpha value is -0.930. The van der Waals surface area contributed by atoms with E-state index < -0.39 is 0 Å². The van der Waals surface area contributed by atoms with Gasteiger partial charge >= 0.3 is 0 Å². The molecule has 1 aromatic carbocycles. The molecule has 0 saturated carbocycles. The summed E-state index contributed by atoms with van der Waals surface area (Å²) in [5, 5.41) is 0. The van der Waals surface area contributed by atoms with Crippen LogP contribution in [0.3, 0.4) is 0 Å². The molecule has 1 aliphatic heterocycles. The summed E-state index contributed by atoms with van der Waals surface area (Å²) in [6, 6.07) is 5.26. The molecular weight excluding hydrogens is 239 g/mol. The van der Waals surface area contributed by atoms with Crippen LogP contribution in [0.4, 0.5) is 4.39 Å². The van der Waals surface area contributed by atoms with Crippen molar-refractivity contribution in [1.82, 2.24) is 4.90 Å². The molecule has 3 unspecified atom stereocenters. The lowest BCUT2D eigenvalue weighted by Gasteiger charge is -2.40. The van der Waals surface area contributed by atoms with Gasteiger partial charge in [0.15, 0.2) is 0 Å². The van der Waals surface area contributed by atoms with E-state index in [1.807, 2.05) is 13.0 Å². The summed E-state index contributed by atoms with van der Waals surface area (Å²) in [5.41, 5.74) is 8.17. The van der Waals surface area contributed by atoms with E-state index in [0.29, 0.717) is 18.4 Å². The zero-order chi connectivity index (χ0) is 14.0. The number of benzene rings is 1. The number of hydrogen-bond donors (Lipinski definition) is 1. The molecule has 2 N–H and O–H groups in total. The smallest absolute Gasteiger partial charge is 0.123 e. The second-order valence-corrected chi connectivity index (χ2v) is 6.15. The van der Waals surface area contributed by atoms with Crippen molar-refractivity contribution in [3.05, 3.63) is 35.1 Å². The van der Waals surface area contributed by atoms with Gasteiger partial charge in [0.05, 0.1) is 0 Å². The number of rotatable bonds is 3. The Morgan fingerprint density at radius 1 is 1.32 bits per heavy atom. The molecule has 0 radical (unpaired) electrons. The third-order valence-corrected chi connectivity index (χ3v) is 4.15. The average Bonchev–Trinajstić information content (AvgIpc) is 2.31. The SMILES string of the molecule is Cc1cc(F)ccc1C(CN)N1CC(C)CC(C)C1. The van der Waals surface area contributed by atoms with Crippen LogP contribution in [0.15, 0.2) is 18.2 Å². The summed E-state index contributed by atoms with van der Waals surface area (Å²) >= 11 is 0. The van der Waals surface area contributed by atoms with E-state index in [4.69, 9.17) is 5.73 Å². The molecule has 2 rings (SSSR count). The van der Waals surface area contributed by atoms with Crippen LogP contribution < -0.4 is 5.73 Å². The lowest BCUT2D eigenvalue weighted by Crippen LogP contribution is -2.43. The molecule has 1 heterocycles. The van der Waals surface area contributed by atoms with Crippen LogP contribution in [-0.2, 0) is 0 Å². The molecule has 0 aromatic heterocycles. The van der Waals surface area contributed by atoms with Crippen molar-refractivity contribution < 1.29 is 4.39 Å². The highest BCUT2D eigenvalue weighted by Crippen LogP contribution is 2.30. The lowest BCUT2D eigenvalue weighted by molar-refractivity contribution is 0.0981. The van der Waals surface area contributed by atoms with Crippen molar-refractivity contribution >= 4 is 0 Å². The summed E-state index contributed by atoms with van der Waals surface area (Å²) in [4.78, 5) is 2.47. The Bertz CT molecular complexity index is 423. The molecule has 0 spiro atoms. The maximum atomic E-state index is 13.2. The van der Waals surface area contributed by atoms with Crippen molar-refractivity contribution in [1.29, 1.82) is 0 Å². The highest BCUT2D eigenvalue weighted by Gasteiger charge is 2.28. The van der Waals surface area contributed by atoms with Gasteiger partial charge in [-0.15, -0.1) is 0 Å². The molecule has 1 aliphatic rings. The normalized spacial score (nSPS) is 26.4. The van der Waals surface area contributed by atoms with Gasteiger partial charge in [0.25, 0.3) is 0 Å². The number of hydrogen-bond acceptors (Lipinski definition) is 2. The van der Waals surface area contributed by atoms with Crippen LogP contribution >= 0.6 is 0 Å². The fraction of sp³-hybridized carbons (Fsp3) is 0.625. The van der Waals surface area contributed by atoms with Crippen molar-refractivity contribution in [3.63, 3.8) is 0 Å². The first-order valence-electron chi connectivity index (χ1n) is 7.21. The van der Waals surface area contributed by atoms with Gasteiger partial charge < -0.3 is 5.73 Å². The number of nitrogens with zero attached hydrogens (tertiary/aromatic N) is 1. The summed E-state index contributed by atoms with van der Waals surface area (Å²) < 4.78 is 13.2. The summed E-state index contributed by atoms with van der Waals surface area (Å²) in [5.74, 6) is 1.24. The second-order valence-electron chi connectivity index (χ2n) is 6.15. The molecule has 3 heteroatoms. The molecule has 19 heavy (non-hydrogen) atoms. The molecule has 1 aromatic rings. The standard InChI is InChI=1S/C16H25FN2/c1-11-6-12(2)10-19(9-11)16(8-18)15-5-4-14(17)7-13(15)3/h4-5,7,11-12,16H,6,8-10,18H2,1-3H3. The molecule has 0 aliphatic carbocycles. The Morgan fingerprint density at radius 2 is 1.95 bits per heavy atom. The molecule has 1 saturated heterocycles. The van der Waals surface area contributed by atoms with E-state index in [0.717, 1.165) is 18.7 Å². The molecule has 1 fully saturated rings. The van der Waals surface area contributed by atoms with E-state index in [1.54, 1.807) is 12.1 Å². The van der Waals surface area contributed by atoms with Crippen LogP contribution in [-0.4, -0.2) is 24.5 Å². The minimum atomic E-state index is -0.169. The maximum Gasteiger partial charge on any atom is 0.123 e. The first-order chi connectivity index (χ1) is 9.01. The lowest BCUT2D eigenvalue weighted by atomic mass is 9.89. The van der Waals surface area contributed by atoms with Gasteiger partial charge in [0.2, 0.25) is 0 Å². The van der Waals surface area contributed by atoms with Gasteiger partial charge in [-0.1, -0.05) is 19.9 Å². The van der Waals surface area contributed by atoms with Crippen LogP contribution in [0.1, 0.15) is 37.4 Å². The Kier molecular flexibility index (Phi) is 4.58. The van der Waals surface area contributed by atoms with E-state index in [2.05, 4.69) is 18.7 Å². The van der Waals surface area contributed by atoms with Gasteiger partial charge in [0.1, 0.15) is 5.82 Å². The maximum absolute atomic E-state index is 13.2. The number of halogens is 1. The quantitative estimate of drug-likeness (QED) is 0.909. The molecule has 0 amide bonds. The fourth-order valence-electron chi connectivity index (χ4n) is 3.45. The molecule has 0 bridgehead atoms. The molecule has 3 atom stereocenters. The second kappa shape index (κ2) is 6.02. The van der Waals surface area contributed by atoms with Crippen molar-refractivity contribution in [2.24, 2.45) is 17.6 Å². The van der Waals surface area contributed by atoms with Crippen LogP contribution in [0.25, 0.3) is 0 Å². The van der Waals surface area contributed by atoms with Crippen LogP contribution in [0.2, 0.25) is 0 Å². The van der Waals surface area contributed by atoms with Gasteiger partial charge in [-0.3, -0.25) is 4.90 Å². The number of aryl methyl sites for hydroxylation is 1. The average molecular weight is 264 g/mol. The topological polar surface area (TPSA) is 29.3 Å².